The maximum Gasteiger partial charge on any atom is 0.0702 e. The fraction of sp³-hybridized carbons (Fsp3) is 0.167. The predicted octanol–water partition coefficient (Wildman–Crippen LogP) is 4.50. The summed E-state index contributed by atoms with van der Waals surface area (Å²) in [6.45, 7) is 0. The van der Waals surface area contributed by atoms with Crippen LogP contribution in [0.2, 0.25) is 0 Å². The van der Waals surface area contributed by atoms with Crippen LogP contribution in [0.1, 0.15) is 17.2 Å². The fourth-order valence-electron chi connectivity index (χ4n) is 2.58. The van der Waals surface area contributed by atoms with E-state index < -0.39 is 0 Å². The minimum Gasteiger partial charge on any atom is -0.313 e. The summed E-state index contributed by atoms with van der Waals surface area (Å²) in [5.74, 6) is 0. The molecule has 1 atom stereocenters. The molecule has 1 aromatic heterocycles. The van der Waals surface area contributed by atoms with E-state index in [1.165, 1.54) is 16.5 Å². The van der Waals surface area contributed by atoms with Gasteiger partial charge < -0.3 is 5.32 Å². The fourth-order valence-corrected chi connectivity index (χ4v) is 3.03. The van der Waals surface area contributed by atoms with Crippen LogP contribution in [0.15, 0.2) is 65.3 Å². The van der Waals surface area contributed by atoms with Crippen LogP contribution in [0, 0.1) is 0 Å². The Kier molecular flexibility index (Phi) is 4.32. The second-order valence-corrected chi connectivity index (χ2v) is 5.95. The van der Waals surface area contributed by atoms with E-state index in [0.717, 1.165) is 16.4 Å². The zero-order valence-electron chi connectivity index (χ0n) is 11.9. The molecule has 3 aromatic rings. The van der Waals surface area contributed by atoms with Gasteiger partial charge in [-0.1, -0.05) is 46.3 Å². The smallest absolute Gasteiger partial charge is 0.0702 e. The molecule has 0 spiro atoms. The van der Waals surface area contributed by atoms with Gasteiger partial charge in [0.2, 0.25) is 0 Å². The van der Waals surface area contributed by atoms with Crippen molar-refractivity contribution in [1.82, 2.24) is 10.3 Å². The zero-order valence-corrected chi connectivity index (χ0v) is 13.5. The van der Waals surface area contributed by atoms with Crippen molar-refractivity contribution in [2.45, 2.75) is 12.5 Å². The van der Waals surface area contributed by atoms with Crippen LogP contribution in [0.3, 0.4) is 0 Å². The van der Waals surface area contributed by atoms with Crippen LogP contribution in [-0.2, 0) is 6.42 Å². The summed E-state index contributed by atoms with van der Waals surface area (Å²) in [6.07, 6.45) is 2.78. The van der Waals surface area contributed by atoms with Gasteiger partial charge in [0.25, 0.3) is 0 Å². The number of nitrogens with zero attached hydrogens (tertiary/aromatic N) is 1. The number of benzene rings is 2. The van der Waals surface area contributed by atoms with E-state index in [1.807, 2.05) is 25.4 Å². The first-order chi connectivity index (χ1) is 10.3. The first-order valence-electron chi connectivity index (χ1n) is 7.03. The summed E-state index contributed by atoms with van der Waals surface area (Å²) in [5.41, 5.74) is 3.63. The van der Waals surface area contributed by atoms with Gasteiger partial charge in [0.1, 0.15) is 0 Å². The molecule has 3 rings (SSSR count). The van der Waals surface area contributed by atoms with Crippen LogP contribution in [0.25, 0.3) is 10.9 Å². The number of nitrogens with one attached hydrogen (secondary N) is 1. The Balaban J connectivity index is 1.93. The SMILES string of the molecule is CNC(Cc1ccccc1Br)c1ccc2ncccc2c1. The van der Waals surface area contributed by atoms with Crippen molar-refractivity contribution in [2.24, 2.45) is 0 Å². The quantitative estimate of drug-likeness (QED) is 0.756. The highest BCUT2D eigenvalue weighted by atomic mass is 79.9. The predicted molar refractivity (Wildman–Crippen MR) is 91.4 cm³/mol. The van der Waals surface area contributed by atoms with Gasteiger partial charge in [0, 0.05) is 22.1 Å². The second-order valence-electron chi connectivity index (χ2n) is 5.09. The molecule has 0 saturated carbocycles. The van der Waals surface area contributed by atoms with E-state index >= 15 is 0 Å². The number of likely N-dealkylation sites (N-methyl/N-ethyl adjacent to an activating group) is 1. The Labute approximate surface area is 133 Å². The third-order valence-electron chi connectivity index (χ3n) is 3.76. The summed E-state index contributed by atoms with van der Waals surface area (Å²) >= 11 is 3.63. The van der Waals surface area contributed by atoms with Crippen LogP contribution in [-0.4, -0.2) is 12.0 Å². The van der Waals surface area contributed by atoms with Gasteiger partial charge in [0.05, 0.1) is 5.52 Å². The lowest BCUT2D eigenvalue weighted by atomic mass is 9.97. The van der Waals surface area contributed by atoms with Crippen LogP contribution >= 0.6 is 15.9 Å². The first kappa shape index (κ1) is 14.2. The van der Waals surface area contributed by atoms with Gasteiger partial charge in [-0.3, -0.25) is 4.98 Å². The number of aromatic nitrogens is 1. The molecular weight excluding hydrogens is 324 g/mol. The standard InChI is InChI=1S/C18H17BrN2/c1-20-18(12-13-5-2-3-7-16(13)19)15-8-9-17-14(11-15)6-4-10-21-17/h2-11,18,20H,12H2,1H3. The number of pyridine rings is 1. The van der Waals surface area contributed by atoms with Crippen LogP contribution in [0.5, 0.6) is 0 Å². The Morgan fingerprint density at radius 1 is 1.10 bits per heavy atom. The van der Waals surface area contributed by atoms with E-state index in [-0.39, 0.29) is 6.04 Å². The normalized spacial score (nSPS) is 12.5. The molecule has 1 N–H and O–H groups in total. The first-order valence-corrected chi connectivity index (χ1v) is 7.82. The highest BCUT2D eigenvalue weighted by Gasteiger charge is 2.12. The lowest BCUT2D eigenvalue weighted by Gasteiger charge is -2.18. The molecule has 0 radical (unpaired) electrons. The average Bonchev–Trinajstić information content (AvgIpc) is 2.54. The molecular formula is C18H17BrN2. The molecule has 21 heavy (non-hydrogen) atoms. The van der Waals surface area contributed by atoms with Gasteiger partial charge in [0.15, 0.2) is 0 Å². The lowest BCUT2D eigenvalue weighted by Crippen LogP contribution is -2.19. The summed E-state index contributed by atoms with van der Waals surface area (Å²) in [4.78, 5) is 4.38. The Bertz CT molecular complexity index is 755. The molecule has 0 aliphatic rings. The zero-order chi connectivity index (χ0) is 14.7. The molecule has 0 bridgehead atoms. The third-order valence-corrected chi connectivity index (χ3v) is 4.53. The molecule has 2 aromatic carbocycles. The summed E-state index contributed by atoms with van der Waals surface area (Å²) in [7, 11) is 2.01. The maximum absolute atomic E-state index is 4.38. The summed E-state index contributed by atoms with van der Waals surface area (Å²) < 4.78 is 1.16. The molecule has 0 aliphatic heterocycles. The van der Waals surface area contributed by atoms with E-state index in [1.54, 1.807) is 0 Å². The Morgan fingerprint density at radius 3 is 2.76 bits per heavy atom. The Hall–Kier alpha value is -1.71. The van der Waals surface area contributed by atoms with Crippen molar-refractivity contribution in [2.75, 3.05) is 7.05 Å². The third kappa shape index (κ3) is 3.14. The van der Waals surface area contributed by atoms with Gasteiger partial charge in [-0.05, 0) is 48.9 Å². The van der Waals surface area contributed by atoms with E-state index in [2.05, 4.69) is 68.7 Å². The van der Waals surface area contributed by atoms with Crippen molar-refractivity contribution in [3.05, 3.63) is 76.4 Å². The summed E-state index contributed by atoms with van der Waals surface area (Å²) in [6, 6.07) is 19.2. The number of hydrogen-bond acceptors (Lipinski definition) is 2. The summed E-state index contributed by atoms with van der Waals surface area (Å²) in [5, 5.41) is 4.60. The molecule has 0 saturated heterocycles. The van der Waals surface area contributed by atoms with Gasteiger partial charge in [-0.25, -0.2) is 0 Å². The van der Waals surface area contributed by atoms with Crippen molar-refractivity contribution in [3.8, 4) is 0 Å². The number of fused-ring (bicyclic) bond motifs is 1. The molecule has 106 valence electrons. The van der Waals surface area contributed by atoms with E-state index in [9.17, 15) is 0 Å². The molecule has 0 aliphatic carbocycles. The number of rotatable bonds is 4. The number of halogens is 1. The lowest BCUT2D eigenvalue weighted by molar-refractivity contribution is 0.591. The van der Waals surface area contributed by atoms with Crippen molar-refractivity contribution in [3.63, 3.8) is 0 Å². The molecule has 3 heteroatoms. The van der Waals surface area contributed by atoms with Crippen LogP contribution in [0.4, 0.5) is 0 Å². The topological polar surface area (TPSA) is 24.9 Å². The van der Waals surface area contributed by atoms with Gasteiger partial charge >= 0.3 is 0 Å². The average molecular weight is 341 g/mol. The van der Waals surface area contributed by atoms with E-state index in [4.69, 9.17) is 0 Å². The van der Waals surface area contributed by atoms with Crippen molar-refractivity contribution < 1.29 is 0 Å². The molecule has 0 amide bonds. The van der Waals surface area contributed by atoms with E-state index in [0.29, 0.717) is 0 Å². The highest BCUT2D eigenvalue weighted by molar-refractivity contribution is 9.10. The maximum atomic E-state index is 4.38. The largest absolute Gasteiger partial charge is 0.313 e. The minimum absolute atomic E-state index is 0.285. The van der Waals surface area contributed by atoms with Crippen molar-refractivity contribution >= 4 is 26.8 Å². The molecule has 2 nitrogen and oxygen atoms in total. The minimum atomic E-state index is 0.285. The monoisotopic (exact) mass is 340 g/mol. The second kappa shape index (κ2) is 6.37. The molecule has 0 fully saturated rings. The molecule has 1 unspecified atom stereocenters. The highest BCUT2D eigenvalue weighted by Crippen LogP contribution is 2.25. The van der Waals surface area contributed by atoms with Crippen molar-refractivity contribution in [1.29, 1.82) is 0 Å². The molecule has 1 heterocycles. The van der Waals surface area contributed by atoms with Crippen LogP contribution < -0.4 is 5.32 Å². The number of hydrogen-bond donors (Lipinski definition) is 1. The van der Waals surface area contributed by atoms with Gasteiger partial charge in [-0.2, -0.15) is 0 Å². The van der Waals surface area contributed by atoms with Gasteiger partial charge in [-0.15, -0.1) is 0 Å². The Morgan fingerprint density at radius 2 is 1.95 bits per heavy atom.